The fraction of sp³-hybridized carbons (Fsp3) is 0.182. The van der Waals surface area contributed by atoms with Crippen molar-refractivity contribution in [2.45, 2.75) is 24.9 Å². The summed E-state index contributed by atoms with van der Waals surface area (Å²) in [6.07, 6.45) is 2.38. The summed E-state index contributed by atoms with van der Waals surface area (Å²) in [5.74, 6) is 6.51. The molecular formula is C22H15F3N6. The van der Waals surface area contributed by atoms with Gasteiger partial charge in [0.25, 0.3) is 0 Å². The van der Waals surface area contributed by atoms with Gasteiger partial charge in [-0.05, 0) is 31.0 Å². The number of nitrogens with zero attached hydrogens (tertiary/aromatic N) is 5. The van der Waals surface area contributed by atoms with Crippen LogP contribution in [0.5, 0.6) is 0 Å². The fourth-order valence-corrected chi connectivity index (χ4v) is 3.26. The number of alkyl halides is 3. The molecular weight excluding hydrogens is 405 g/mol. The average molecular weight is 420 g/mol. The summed E-state index contributed by atoms with van der Waals surface area (Å²) in [6, 6.07) is 6.90. The Hall–Kier alpha value is -3.93. The molecule has 0 radical (unpaired) electrons. The van der Waals surface area contributed by atoms with Crippen molar-refractivity contribution in [3.05, 3.63) is 71.3 Å². The third-order valence-corrected chi connectivity index (χ3v) is 5.02. The predicted octanol–water partition coefficient (Wildman–Crippen LogP) is 4.06. The summed E-state index contributed by atoms with van der Waals surface area (Å²) in [7, 11) is 0. The van der Waals surface area contributed by atoms with Crippen molar-refractivity contribution in [3.63, 3.8) is 0 Å². The second-order valence-electron chi connectivity index (χ2n) is 7.29. The zero-order chi connectivity index (χ0) is 21.6. The van der Waals surface area contributed by atoms with Gasteiger partial charge >= 0.3 is 6.18 Å². The van der Waals surface area contributed by atoms with Crippen LogP contribution < -0.4 is 5.73 Å². The van der Waals surface area contributed by atoms with Crippen LogP contribution in [0.4, 0.5) is 19.1 Å². The Morgan fingerprint density at radius 2 is 1.71 bits per heavy atom. The molecule has 2 N–H and O–H groups in total. The van der Waals surface area contributed by atoms with Crippen molar-refractivity contribution < 1.29 is 13.2 Å². The average Bonchev–Trinajstić information content (AvgIpc) is 3.52. The Morgan fingerprint density at radius 3 is 2.35 bits per heavy atom. The van der Waals surface area contributed by atoms with Gasteiger partial charge in [0.15, 0.2) is 5.65 Å². The van der Waals surface area contributed by atoms with E-state index in [1.165, 1.54) is 24.5 Å². The molecule has 0 unspecified atom stereocenters. The lowest BCUT2D eigenvalue weighted by Gasteiger charge is -2.10. The number of nitrogens with two attached hydrogens (primary N) is 1. The van der Waals surface area contributed by atoms with Gasteiger partial charge in [-0.25, -0.2) is 19.5 Å². The topological polar surface area (TPSA) is 82.0 Å². The second kappa shape index (κ2) is 7.09. The molecule has 1 aliphatic carbocycles. The summed E-state index contributed by atoms with van der Waals surface area (Å²) in [5, 5.41) is 4.44. The number of rotatable bonds is 2. The van der Waals surface area contributed by atoms with Gasteiger partial charge < -0.3 is 5.73 Å². The number of anilines is 1. The number of nitrogen functional groups attached to an aromatic ring is 1. The van der Waals surface area contributed by atoms with Crippen LogP contribution in [0.3, 0.4) is 0 Å². The lowest BCUT2D eigenvalue weighted by atomic mass is 10.1. The molecule has 1 saturated carbocycles. The summed E-state index contributed by atoms with van der Waals surface area (Å²) < 4.78 is 40.5. The van der Waals surface area contributed by atoms with E-state index in [1.807, 2.05) is 6.07 Å². The molecule has 9 heteroatoms. The first-order chi connectivity index (χ1) is 14.9. The lowest BCUT2D eigenvalue weighted by molar-refractivity contribution is -0.137. The van der Waals surface area contributed by atoms with E-state index >= 15 is 0 Å². The molecule has 0 saturated heterocycles. The molecule has 3 heterocycles. The third-order valence-electron chi connectivity index (χ3n) is 5.02. The van der Waals surface area contributed by atoms with Crippen LogP contribution in [0.15, 0.2) is 48.9 Å². The Balaban J connectivity index is 1.59. The van der Waals surface area contributed by atoms with Gasteiger partial charge in [0.1, 0.15) is 0 Å². The fourth-order valence-electron chi connectivity index (χ4n) is 3.26. The summed E-state index contributed by atoms with van der Waals surface area (Å²) in [4.78, 5) is 12.5. The van der Waals surface area contributed by atoms with Gasteiger partial charge in [0.05, 0.1) is 28.6 Å². The molecule has 6 nitrogen and oxygen atoms in total. The molecule has 0 spiro atoms. The summed E-state index contributed by atoms with van der Waals surface area (Å²) in [6.45, 7) is 0. The highest BCUT2D eigenvalue weighted by molar-refractivity contribution is 5.67. The number of benzene rings is 1. The molecule has 0 amide bonds. The number of hydrogen-bond donors (Lipinski definition) is 1. The van der Waals surface area contributed by atoms with Crippen LogP contribution in [0, 0.1) is 11.8 Å². The van der Waals surface area contributed by atoms with E-state index in [0.29, 0.717) is 33.9 Å². The van der Waals surface area contributed by atoms with Crippen LogP contribution in [0.2, 0.25) is 0 Å². The van der Waals surface area contributed by atoms with E-state index in [4.69, 9.17) is 5.73 Å². The molecule has 0 aliphatic heterocycles. The Kier molecular flexibility index (Phi) is 4.36. The van der Waals surface area contributed by atoms with Crippen molar-refractivity contribution in [1.29, 1.82) is 0 Å². The van der Waals surface area contributed by atoms with Gasteiger partial charge in [0, 0.05) is 29.6 Å². The molecule has 0 atom stereocenters. The Morgan fingerprint density at radius 1 is 1.00 bits per heavy atom. The number of fused-ring (bicyclic) bond motifs is 1. The third kappa shape index (κ3) is 3.80. The van der Waals surface area contributed by atoms with Gasteiger partial charge in [-0.2, -0.15) is 18.3 Å². The normalized spacial score (nSPS) is 13.8. The first kappa shape index (κ1) is 19.1. The quantitative estimate of drug-likeness (QED) is 0.495. The van der Waals surface area contributed by atoms with E-state index in [0.717, 1.165) is 30.7 Å². The molecule has 154 valence electrons. The van der Waals surface area contributed by atoms with E-state index in [1.54, 1.807) is 10.7 Å². The monoisotopic (exact) mass is 420 g/mol. The number of halogens is 3. The van der Waals surface area contributed by atoms with Crippen molar-refractivity contribution in [2.75, 3.05) is 5.73 Å². The van der Waals surface area contributed by atoms with Crippen LogP contribution in [-0.4, -0.2) is 24.6 Å². The van der Waals surface area contributed by atoms with E-state index < -0.39 is 11.7 Å². The zero-order valence-corrected chi connectivity index (χ0v) is 16.1. The smallest absolute Gasteiger partial charge is 0.368 e. The highest BCUT2D eigenvalue weighted by Crippen LogP contribution is 2.41. The summed E-state index contributed by atoms with van der Waals surface area (Å²) in [5.41, 5.74) is 8.72. The highest BCUT2D eigenvalue weighted by Gasteiger charge is 2.31. The second-order valence-corrected chi connectivity index (χ2v) is 7.29. The number of hydrogen-bond acceptors (Lipinski definition) is 5. The van der Waals surface area contributed by atoms with Crippen LogP contribution in [0.25, 0.3) is 16.9 Å². The van der Waals surface area contributed by atoms with Crippen molar-refractivity contribution in [3.8, 4) is 23.1 Å². The minimum atomic E-state index is -4.38. The van der Waals surface area contributed by atoms with Crippen molar-refractivity contribution in [2.24, 2.45) is 0 Å². The van der Waals surface area contributed by atoms with Gasteiger partial charge in [-0.3, -0.25) is 0 Å². The molecule has 1 aromatic carbocycles. The van der Waals surface area contributed by atoms with Crippen molar-refractivity contribution in [1.82, 2.24) is 24.6 Å². The minimum absolute atomic E-state index is 0.165. The first-order valence-electron chi connectivity index (χ1n) is 9.54. The summed E-state index contributed by atoms with van der Waals surface area (Å²) >= 11 is 0. The van der Waals surface area contributed by atoms with Crippen molar-refractivity contribution >= 4 is 11.6 Å². The Bertz CT molecular complexity index is 1320. The maximum absolute atomic E-state index is 12.9. The maximum atomic E-state index is 12.9. The van der Waals surface area contributed by atoms with Gasteiger partial charge in [-0.1, -0.05) is 24.0 Å². The van der Waals surface area contributed by atoms with Crippen LogP contribution >= 0.6 is 0 Å². The van der Waals surface area contributed by atoms with E-state index in [-0.39, 0.29) is 5.95 Å². The molecule has 3 aromatic heterocycles. The predicted molar refractivity (Wildman–Crippen MR) is 108 cm³/mol. The molecule has 1 fully saturated rings. The van der Waals surface area contributed by atoms with E-state index in [9.17, 15) is 13.2 Å². The zero-order valence-electron chi connectivity index (χ0n) is 16.1. The lowest BCUT2D eigenvalue weighted by Crippen LogP contribution is -2.04. The molecule has 31 heavy (non-hydrogen) atoms. The molecule has 1 aliphatic rings. The SMILES string of the molecule is Nc1ncc(C#Cc2cnn3c(C4CC4)cc(-c4ccc(C(F)(F)F)cc4)nc23)cn1. The highest BCUT2D eigenvalue weighted by atomic mass is 19.4. The molecule has 0 bridgehead atoms. The maximum Gasteiger partial charge on any atom is 0.416 e. The largest absolute Gasteiger partial charge is 0.416 e. The minimum Gasteiger partial charge on any atom is -0.368 e. The van der Waals surface area contributed by atoms with Crippen LogP contribution in [-0.2, 0) is 6.18 Å². The molecule has 4 aromatic rings. The first-order valence-corrected chi connectivity index (χ1v) is 9.54. The Labute approximate surface area is 175 Å². The number of aromatic nitrogens is 5. The van der Waals surface area contributed by atoms with Gasteiger partial charge in [0.2, 0.25) is 5.95 Å². The van der Waals surface area contributed by atoms with Crippen LogP contribution in [0.1, 0.15) is 41.1 Å². The van der Waals surface area contributed by atoms with Gasteiger partial charge in [-0.15, -0.1) is 0 Å². The standard InChI is InChI=1S/C22H15F3N6/c23-22(24,25)17-7-5-14(6-8-17)18-9-19(15-3-4-15)31-20(30-18)16(12-29-31)2-1-13-10-27-21(26)28-11-13/h5-12,15H,3-4H2,(H2,26,27,28). The molecule has 5 rings (SSSR count). The van der Waals surface area contributed by atoms with E-state index in [2.05, 4.69) is 31.9 Å².